The van der Waals surface area contributed by atoms with Gasteiger partial charge >= 0.3 is 0 Å². The quantitative estimate of drug-likeness (QED) is 0.922. The van der Waals surface area contributed by atoms with Crippen LogP contribution < -0.4 is 0 Å². The number of fused-ring (bicyclic) bond motifs is 3. The Labute approximate surface area is 142 Å². The Balaban J connectivity index is 1.48. The number of benzene rings is 1. The summed E-state index contributed by atoms with van der Waals surface area (Å²) in [7, 11) is 0. The van der Waals surface area contributed by atoms with Crippen molar-refractivity contribution in [1.29, 1.82) is 0 Å². The third-order valence-corrected chi connectivity index (χ3v) is 5.88. The second-order valence-corrected chi connectivity index (χ2v) is 7.14. The van der Waals surface area contributed by atoms with Crippen molar-refractivity contribution >= 4 is 0 Å². The van der Waals surface area contributed by atoms with Crippen LogP contribution in [0.5, 0.6) is 0 Å². The Morgan fingerprint density at radius 3 is 2.92 bits per heavy atom. The van der Waals surface area contributed by atoms with Crippen molar-refractivity contribution < 1.29 is 9.47 Å². The van der Waals surface area contributed by atoms with E-state index in [1.165, 1.54) is 28.1 Å². The Morgan fingerprint density at radius 1 is 1.12 bits per heavy atom. The van der Waals surface area contributed by atoms with Crippen LogP contribution >= 0.6 is 0 Å². The maximum atomic E-state index is 5.67. The van der Waals surface area contributed by atoms with Crippen molar-refractivity contribution in [3.05, 3.63) is 52.6 Å². The average molecular weight is 325 g/mol. The van der Waals surface area contributed by atoms with Gasteiger partial charge in [-0.2, -0.15) is 0 Å². The number of hydrogen-bond donors (Lipinski definition) is 1. The summed E-state index contributed by atoms with van der Waals surface area (Å²) in [6.45, 7) is 5.20. The number of H-pyrrole nitrogens is 1. The first-order valence-electron chi connectivity index (χ1n) is 8.89. The molecular formula is C19H23N3O2. The molecule has 0 amide bonds. The molecule has 3 aliphatic rings. The number of aromatic nitrogens is 2. The van der Waals surface area contributed by atoms with Gasteiger partial charge in [-0.05, 0) is 29.5 Å². The van der Waals surface area contributed by atoms with Gasteiger partial charge in [0.05, 0.1) is 30.8 Å². The summed E-state index contributed by atoms with van der Waals surface area (Å²) < 4.78 is 11.2. The zero-order chi connectivity index (χ0) is 16.0. The minimum atomic E-state index is 0.0291. The summed E-state index contributed by atoms with van der Waals surface area (Å²) in [5.41, 5.74) is 6.67. The Kier molecular flexibility index (Phi) is 3.47. The van der Waals surface area contributed by atoms with Gasteiger partial charge < -0.3 is 14.5 Å². The van der Waals surface area contributed by atoms with Crippen LogP contribution in [0.25, 0.3) is 0 Å². The van der Waals surface area contributed by atoms with Crippen LogP contribution in [0.2, 0.25) is 0 Å². The molecule has 5 nitrogen and oxygen atoms in total. The summed E-state index contributed by atoms with van der Waals surface area (Å²) in [6.07, 6.45) is 4.96. The van der Waals surface area contributed by atoms with E-state index in [4.69, 9.17) is 14.5 Å². The lowest BCUT2D eigenvalue weighted by Gasteiger charge is -2.48. The first kappa shape index (κ1) is 14.6. The number of nitrogens with one attached hydrogen (secondary N) is 1. The van der Waals surface area contributed by atoms with Crippen molar-refractivity contribution in [2.75, 3.05) is 19.8 Å². The van der Waals surface area contributed by atoms with Gasteiger partial charge in [-0.1, -0.05) is 18.2 Å². The fourth-order valence-electron chi connectivity index (χ4n) is 4.56. The highest BCUT2D eigenvalue weighted by molar-refractivity contribution is 5.34. The molecule has 4 heterocycles. The molecule has 24 heavy (non-hydrogen) atoms. The molecule has 0 bridgehead atoms. The van der Waals surface area contributed by atoms with Crippen LogP contribution in [0.3, 0.4) is 0 Å². The lowest BCUT2D eigenvalue weighted by molar-refractivity contribution is -0.0450. The highest BCUT2D eigenvalue weighted by atomic mass is 16.5. The summed E-state index contributed by atoms with van der Waals surface area (Å²) in [6, 6.07) is 6.83. The molecule has 1 N–H and O–H groups in total. The number of hydrogen-bond acceptors (Lipinski definition) is 4. The first-order valence-corrected chi connectivity index (χ1v) is 8.89. The van der Waals surface area contributed by atoms with Gasteiger partial charge in [-0.15, -0.1) is 0 Å². The maximum absolute atomic E-state index is 5.67. The lowest BCUT2D eigenvalue weighted by Crippen LogP contribution is -2.53. The number of aromatic amines is 1. The van der Waals surface area contributed by atoms with Gasteiger partial charge in [0.2, 0.25) is 0 Å². The minimum absolute atomic E-state index is 0.0291. The van der Waals surface area contributed by atoms with Crippen LogP contribution in [-0.4, -0.2) is 34.6 Å². The SMILES string of the molecule is c1nc2c([nH]1)CCN(Cc1ccc3c(c1)COC3)C21CCOCC1. The largest absolute Gasteiger partial charge is 0.381 e. The predicted molar refractivity (Wildman–Crippen MR) is 89.4 cm³/mol. The molecule has 5 heteroatoms. The van der Waals surface area contributed by atoms with Gasteiger partial charge in [-0.25, -0.2) is 4.98 Å². The third-order valence-electron chi connectivity index (χ3n) is 5.88. The smallest absolute Gasteiger partial charge is 0.0926 e. The van der Waals surface area contributed by atoms with Crippen molar-refractivity contribution in [2.24, 2.45) is 0 Å². The molecule has 1 aromatic heterocycles. The van der Waals surface area contributed by atoms with Crippen LogP contribution in [0.4, 0.5) is 0 Å². The molecule has 0 saturated carbocycles. The molecule has 0 radical (unpaired) electrons. The number of ether oxygens (including phenoxy) is 2. The molecule has 0 unspecified atom stereocenters. The van der Waals surface area contributed by atoms with E-state index in [1.54, 1.807) is 0 Å². The Morgan fingerprint density at radius 2 is 2.00 bits per heavy atom. The second kappa shape index (κ2) is 5.69. The van der Waals surface area contributed by atoms with E-state index in [0.717, 1.165) is 58.8 Å². The minimum Gasteiger partial charge on any atom is -0.381 e. The van der Waals surface area contributed by atoms with E-state index < -0.39 is 0 Å². The van der Waals surface area contributed by atoms with E-state index in [1.807, 2.05) is 6.33 Å². The van der Waals surface area contributed by atoms with E-state index >= 15 is 0 Å². The molecule has 1 aromatic carbocycles. The molecule has 5 rings (SSSR count). The number of imidazole rings is 1. The van der Waals surface area contributed by atoms with Crippen LogP contribution in [-0.2, 0) is 41.2 Å². The fourth-order valence-corrected chi connectivity index (χ4v) is 4.56. The van der Waals surface area contributed by atoms with E-state index in [9.17, 15) is 0 Å². The van der Waals surface area contributed by atoms with Crippen molar-refractivity contribution in [3.63, 3.8) is 0 Å². The number of nitrogens with zero attached hydrogens (tertiary/aromatic N) is 2. The van der Waals surface area contributed by atoms with E-state index in [2.05, 4.69) is 28.1 Å². The second-order valence-electron chi connectivity index (χ2n) is 7.14. The van der Waals surface area contributed by atoms with Crippen molar-refractivity contribution in [2.45, 2.75) is 44.6 Å². The summed E-state index contributed by atoms with van der Waals surface area (Å²) in [4.78, 5) is 10.7. The average Bonchev–Trinajstić information content (AvgIpc) is 3.27. The molecule has 1 spiro atoms. The maximum Gasteiger partial charge on any atom is 0.0926 e. The highest BCUT2D eigenvalue weighted by Crippen LogP contribution is 2.42. The zero-order valence-corrected chi connectivity index (χ0v) is 13.9. The molecule has 3 aliphatic heterocycles. The van der Waals surface area contributed by atoms with Gasteiger partial charge in [0.15, 0.2) is 0 Å². The van der Waals surface area contributed by atoms with Gasteiger partial charge in [0.1, 0.15) is 0 Å². The molecule has 126 valence electrons. The van der Waals surface area contributed by atoms with Crippen LogP contribution in [0.15, 0.2) is 24.5 Å². The number of rotatable bonds is 2. The summed E-state index contributed by atoms with van der Waals surface area (Å²) >= 11 is 0. The molecule has 0 aliphatic carbocycles. The van der Waals surface area contributed by atoms with Gasteiger partial charge in [0.25, 0.3) is 0 Å². The predicted octanol–water partition coefficient (Wildman–Crippen LogP) is 2.50. The monoisotopic (exact) mass is 325 g/mol. The van der Waals surface area contributed by atoms with E-state index in [0.29, 0.717) is 0 Å². The topological polar surface area (TPSA) is 50.4 Å². The van der Waals surface area contributed by atoms with Crippen LogP contribution in [0.1, 0.15) is 40.9 Å². The molecule has 1 saturated heterocycles. The Hall–Kier alpha value is -1.69. The standard InChI is InChI=1S/C19H23N3O2/c1-2-15-11-24-12-16(15)9-14(1)10-22-6-3-17-18(21-13-20-17)19(22)4-7-23-8-5-19/h1-2,9,13H,3-8,10-12H2,(H,20,21). The van der Waals surface area contributed by atoms with Gasteiger partial charge in [0, 0.05) is 38.4 Å². The summed E-state index contributed by atoms with van der Waals surface area (Å²) in [5, 5.41) is 0. The normalized spacial score (nSPS) is 22.5. The first-order chi connectivity index (χ1) is 11.9. The van der Waals surface area contributed by atoms with Crippen molar-refractivity contribution in [1.82, 2.24) is 14.9 Å². The molecular weight excluding hydrogens is 302 g/mol. The van der Waals surface area contributed by atoms with E-state index in [-0.39, 0.29) is 5.54 Å². The fraction of sp³-hybridized carbons (Fsp3) is 0.526. The Bertz CT molecular complexity index is 749. The van der Waals surface area contributed by atoms with Crippen LogP contribution in [0, 0.1) is 0 Å². The summed E-state index contributed by atoms with van der Waals surface area (Å²) in [5.74, 6) is 0. The highest BCUT2D eigenvalue weighted by Gasteiger charge is 2.45. The lowest BCUT2D eigenvalue weighted by atomic mass is 9.80. The van der Waals surface area contributed by atoms with Gasteiger partial charge in [-0.3, -0.25) is 4.90 Å². The zero-order valence-electron chi connectivity index (χ0n) is 13.9. The molecule has 1 fully saturated rings. The van der Waals surface area contributed by atoms with Crippen molar-refractivity contribution in [3.8, 4) is 0 Å². The molecule has 2 aromatic rings. The third kappa shape index (κ3) is 2.23. The molecule has 0 atom stereocenters.